The number of amides is 1. The molecule has 1 amide bonds. The van der Waals surface area contributed by atoms with Crippen molar-refractivity contribution in [1.29, 1.82) is 0 Å². The predicted octanol–water partition coefficient (Wildman–Crippen LogP) is 3.53. The van der Waals surface area contributed by atoms with E-state index in [2.05, 4.69) is 20.8 Å². The highest BCUT2D eigenvalue weighted by atomic mass is 16.5. The van der Waals surface area contributed by atoms with E-state index in [4.69, 9.17) is 9.47 Å². The van der Waals surface area contributed by atoms with Gasteiger partial charge in [0.25, 0.3) is 5.91 Å². The summed E-state index contributed by atoms with van der Waals surface area (Å²) in [5, 5.41) is 0. The lowest BCUT2D eigenvalue weighted by Gasteiger charge is -2.28. The van der Waals surface area contributed by atoms with E-state index in [-0.39, 0.29) is 43.3 Å². The Hall–Kier alpha value is -3.15. The molecule has 1 aliphatic rings. The number of ketones is 1. The Balaban J connectivity index is 1.51. The van der Waals surface area contributed by atoms with E-state index in [0.29, 0.717) is 17.0 Å². The van der Waals surface area contributed by atoms with Gasteiger partial charge in [-0.1, -0.05) is 57.2 Å². The SMILES string of the molecule is CC(C)(C)c1ccc(C(=O)COC(=O)CCN2C(=O)COc3ccccc32)cc1. The number of benzene rings is 2. The maximum atomic E-state index is 12.3. The minimum absolute atomic E-state index is 0.00356. The Morgan fingerprint density at radius 1 is 1.07 bits per heavy atom. The van der Waals surface area contributed by atoms with Crippen LogP contribution in [0.3, 0.4) is 0 Å². The van der Waals surface area contributed by atoms with Crippen LogP contribution in [0, 0.1) is 0 Å². The van der Waals surface area contributed by atoms with Crippen LogP contribution in [0.25, 0.3) is 0 Å². The van der Waals surface area contributed by atoms with Gasteiger partial charge in [0.15, 0.2) is 19.0 Å². The minimum atomic E-state index is -0.526. The van der Waals surface area contributed by atoms with Gasteiger partial charge in [-0.15, -0.1) is 0 Å². The molecule has 0 N–H and O–H groups in total. The first-order chi connectivity index (χ1) is 13.8. The zero-order valence-electron chi connectivity index (χ0n) is 16.9. The molecule has 0 saturated heterocycles. The second-order valence-corrected chi connectivity index (χ2v) is 7.96. The Morgan fingerprint density at radius 2 is 1.76 bits per heavy atom. The zero-order valence-corrected chi connectivity index (χ0v) is 16.9. The second kappa shape index (κ2) is 8.47. The lowest BCUT2D eigenvalue weighted by Crippen LogP contribution is -2.40. The number of anilines is 1. The Morgan fingerprint density at radius 3 is 2.45 bits per heavy atom. The van der Waals surface area contributed by atoms with Crippen molar-refractivity contribution >= 4 is 23.3 Å². The summed E-state index contributed by atoms with van der Waals surface area (Å²) in [4.78, 5) is 38.0. The number of carbonyl (C=O) groups excluding carboxylic acids is 3. The molecule has 29 heavy (non-hydrogen) atoms. The average molecular weight is 395 g/mol. The predicted molar refractivity (Wildman–Crippen MR) is 109 cm³/mol. The first kappa shape index (κ1) is 20.6. The van der Waals surface area contributed by atoms with Gasteiger partial charge in [0.2, 0.25) is 0 Å². The zero-order chi connectivity index (χ0) is 21.0. The lowest BCUT2D eigenvalue weighted by atomic mass is 9.86. The second-order valence-electron chi connectivity index (χ2n) is 7.96. The summed E-state index contributed by atoms with van der Waals surface area (Å²) in [5.41, 5.74) is 2.26. The Labute approximate surface area is 170 Å². The third kappa shape index (κ3) is 5.02. The molecule has 6 heteroatoms. The first-order valence-corrected chi connectivity index (χ1v) is 9.57. The molecule has 0 fully saturated rings. The summed E-state index contributed by atoms with van der Waals surface area (Å²) >= 11 is 0. The van der Waals surface area contributed by atoms with Gasteiger partial charge in [0.1, 0.15) is 5.75 Å². The number of esters is 1. The molecule has 0 bridgehead atoms. The van der Waals surface area contributed by atoms with Gasteiger partial charge in [-0.05, 0) is 23.1 Å². The van der Waals surface area contributed by atoms with Crippen LogP contribution in [-0.4, -0.2) is 37.4 Å². The number of hydrogen-bond acceptors (Lipinski definition) is 5. The summed E-state index contributed by atoms with van der Waals surface area (Å²) in [6.45, 7) is 6.10. The van der Waals surface area contributed by atoms with Gasteiger partial charge in [0, 0.05) is 12.1 Å². The van der Waals surface area contributed by atoms with Crippen LogP contribution in [0.4, 0.5) is 5.69 Å². The number of carbonyl (C=O) groups is 3. The van der Waals surface area contributed by atoms with E-state index in [1.807, 2.05) is 18.2 Å². The Kier molecular flexibility index (Phi) is 6.01. The van der Waals surface area contributed by atoms with Crippen LogP contribution in [-0.2, 0) is 19.7 Å². The number of rotatable bonds is 6. The fourth-order valence-corrected chi connectivity index (χ4v) is 3.06. The first-order valence-electron chi connectivity index (χ1n) is 9.57. The van der Waals surface area contributed by atoms with Crippen molar-refractivity contribution in [2.24, 2.45) is 0 Å². The molecular formula is C23H25NO5. The van der Waals surface area contributed by atoms with E-state index in [9.17, 15) is 14.4 Å². The standard InChI is InChI=1S/C23H25NO5/c1-23(2,3)17-10-8-16(9-11-17)19(25)14-29-22(27)12-13-24-18-6-4-5-7-20(18)28-15-21(24)26/h4-11H,12-15H2,1-3H3. The molecule has 0 aromatic heterocycles. The number of nitrogens with zero attached hydrogens (tertiary/aromatic N) is 1. The molecule has 0 unspecified atom stereocenters. The minimum Gasteiger partial charge on any atom is -0.482 e. The molecule has 0 saturated carbocycles. The number of para-hydroxylation sites is 2. The van der Waals surface area contributed by atoms with Gasteiger partial charge < -0.3 is 14.4 Å². The van der Waals surface area contributed by atoms with E-state index < -0.39 is 5.97 Å². The topological polar surface area (TPSA) is 72.9 Å². The Bertz CT molecular complexity index is 912. The summed E-state index contributed by atoms with van der Waals surface area (Å²) in [5.74, 6) is -0.395. The van der Waals surface area contributed by atoms with Crippen molar-refractivity contribution in [1.82, 2.24) is 0 Å². The smallest absolute Gasteiger partial charge is 0.308 e. The van der Waals surface area contributed by atoms with Crippen molar-refractivity contribution in [3.63, 3.8) is 0 Å². The molecule has 2 aromatic carbocycles. The summed E-state index contributed by atoms with van der Waals surface area (Å²) in [6, 6.07) is 14.5. The maximum absolute atomic E-state index is 12.3. The lowest BCUT2D eigenvalue weighted by molar-refractivity contribution is -0.142. The fraction of sp³-hybridized carbons (Fsp3) is 0.348. The van der Waals surface area contributed by atoms with Crippen LogP contribution < -0.4 is 9.64 Å². The molecule has 0 spiro atoms. The van der Waals surface area contributed by atoms with Gasteiger partial charge in [0.05, 0.1) is 12.1 Å². The van der Waals surface area contributed by atoms with Gasteiger partial charge in [-0.3, -0.25) is 14.4 Å². The molecule has 0 atom stereocenters. The summed E-state index contributed by atoms with van der Waals surface area (Å²) < 4.78 is 10.5. The normalized spacial score (nSPS) is 13.5. The van der Waals surface area contributed by atoms with E-state index in [1.54, 1.807) is 30.3 Å². The van der Waals surface area contributed by atoms with Crippen LogP contribution in [0.5, 0.6) is 5.75 Å². The molecule has 2 aromatic rings. The molecule has 152 valence electrons. The molecular weight excluding hydrogens is 370 g/mol. The highest BCUT2D eigenvalue weighted by Crippen LogP contribution is 2.31. The third-order valence-electron chi connectivity index (χ3n) is 4.78. The fourth-order valence-electron chi connectivity index (χ4n) is 3.06. The highest BCUT2D eigenvalue weighted by molar-refractivity contribution is 5.99. The van der Waals surface area contributed by atoms with Crippen molar-refractivity contribution < 1.29 is 23.9 Å². The van der Waals surface area contributed by atoms with E-state index in [0.717, 1.165) is 5.56 Å². The van der Waals surface area contributed by atoms with Gasteiger partial charge in [-0.2, -0.15) is 0 Å². The largest absolute Gasteiger partial charge is 0.482 e. The van der Waals surface area contributed by atoms with Crippen molar-refractivity contribution in [3.05, 3.63) is 59.7 Å². The average Bonchev–Trinajstić information content (AvgIpc) is 2.70. The summed E-state index contributed by atoms with van der Waals surface area (Å²) in [7, 11) is 0. The van der Waals surface area contributed by atoms with Crippen molar-refractivity contribution in [2.75, 3.05) is 24.7 Å². The quantitative estimate of drug-likeness (QED) is 0.553. The van der Waals surface area contributed by atoms with Crippen molar-refractivity contribution in [2.45, 2.75) is 32.6 Å². The molecule has 0 aliphatic carbocycles. The molecule has 1 heterocycles. The van der Waals surface area contributed by atoms with Crippen LogP contribution in [0.1, 0.15) is 43.1 Å². The number of fused-ring (bicyclic) bond motifs is 1. The molecule has 3 rings (SSSR count). The monoisotopic (exact) mass is 395 g/mol. The van der Waals surface area contributed by atoms with Crippen LogP contribution in [0.15, 0.2) is 48.5 Å². The highest BCUT2D eigenvalue weighted by Gasteiger charge is 2.25. The maximum Gasteiger partial charge on any atom is 0.308 e. The third-order valence-corrected chi connectivity index (χ3v) is 4.78. The van der Waals surface area contributed by atoms with Crippen LogP contribution >= 0.6 is 0 Å². The van der Waals surface area contributed by atoms with Crippen molar-refractivity contribution in [3.8, 4) is 5.75 Å². The summed E-state index contributed by atoms with van der Waals surface area (Å²) in [6.07, 6.45) is -0.00365. The number of hydrogen-bond donors (Lipinski definition) is 0. The number of ether oxygens (including phenoxy) is 2. The molecule has 1 aliphatic heterocycles. The van der Waals surface area contributed by atoms with E-state index >= 15 is 0 Å². The van der Waals surface area contributed by atoms with Gasteiger partial charge in [-0.25, -0.2) is 0 Å². The van der Waals surface area contributed by atoms with Crippen LogP contribution in [0.2, 0.25) is 0 Å². The van der Waals surface area contributed by atoms with E-state index in [1.165, 1.54) is 4.90 Å². The molecule has 6 nitrogen and oxygen atoms in total. The number of Topliss-reactive ketones (excluding diaryl/α,β-unsaturated/α-hetero) is 1. The molecule has 0 radical (unpaired) electrons. The van der Waals surface area contributed by atoms with Gasteiger partial charge >= 0.3 is 5.97 Å².